The maximum atomic E-state index is 10.9. The summed E-state index contributed by atoms with van der Waals surface area (Å²) in [5, 5.41) is 0. The Labute approximate surface area is 113 Å². The quantitative estimate of drug-likeness (QED) is 0.755. The lowest BCUT2D eigenvalue weighted by Crippen LogP contribution is -1.94. The fraction of sp³-hybridized carbons (Fsp3) is 0.118. The molecule has 0 spiro atoms. The molecular weight excluding hydrogens is 236 g/mol. The minimum absolute atomic E-state index is 0.0376. The lowest BCUT2D eigenvalue weighted by Gasteiger charge is -2.06. The van der Waals surface area contributed by atoms with E-state index < -0.39 is 0 Å². The Morgan fingerprint density at radius 1 is 1.11 bits per heavy atom. The summed E-state index contributed by atoms with van der Waals surface area (Å²) in [5.41, 5.74) is 2.09. The van der Waals surface area contributed by atoms with Crippen molar-refractivity contribution >= 4 is 11.9 Å². The summed E-state index contributed by atoms with van der Waals surface area (Å²) in [5.74, 6) is 0.838. The topological polar surface area (TPSA) is 26.3 Å². The molecule has 0 aliphatic carbocycles. The molecule has 2 aromatic rings. The van der Waals surface area contributed by atoms with Gasteiger partial charge < -0.3 is 4.74 Å². The Kier molecular flexibility index (Phi) is 4.51. The van der Waals surface area contributed by atoms with Crippen molar-refractivity contribution in [1.82, 2.24) is 0 Å². The third-order valence-electron chi connectivity index (χ3n) is 2.62. The zero-order chi connectivity index (χ0) is 13.5. The molecule has 0 aromatic heterocycles. The minimum Gasteiger partial charge on any atom is -0.489 e. The van der Waals surface area contributed by atoms with Crippen LogP contribution in [0.15, 0.2) is 60.7 Å². The number of carbonyl (C=O) groups excluding carboxylic acids is 1. The van der Waals surface area contributed by atoms with Gasteiger partial charge in [-0.2, -0.15) is 0 Å². The molecule has 0 unspecified atom stereocenters. The fourth-order valence-corrected chi connectivity index (χ4v) is 1.66. The summed E-state index contributed by atoms with van der Waals surface area (Å²) in [6.45, 7) is 2.08. The Morgan fingerprint density at radius 3 is 2.63 bits per heavy atom. The molecule has 2 rings (SSSR count). The predicted molar refractivity (Wildman–Crippen MR) is 76.9 cm³/mol. The highest BCUT2D eigenvalue weighted by Gasteiger charge is 1.96. The van der Waals surface area contributed by atoms with E-state index in [1.165, 1.54) is 6.92 Å². The van der Waals surface area contributed by atoms with Crippen molar-refractivity contribution in [2.24, 2.45) is 0 Å². The second kappa shape index (κ2) is 6.55. The Hall–Kier alpha value is -2.35. The molecule has 0 bridgehead atoms. The van der Waals surface area contributed by atoms with E-state index in [0.717, 1.165) is 16.9 Å². The first-order valence-corrected chi connectivity index (χ1v) is 6.19. The maximum Gasteiger partial charge on any atom is 0.152 e. The predicted octanol–water partition coefficient (Wildman–Crippen LogP) is 3.87. The summed E-state index contributed by atoms with van der Waals surface area (Å²) in [6, 6.07) is 17.7. The van der Waals surface area contributed by atoms with Crippen LogP contribution in [0.4, 0.5) is 0 Å². The first kappa shape index (κ1) is 13.1. The highest BCUT2D eigenvalue weighted by Crippen LogP contribution is 2.16. The Bertz CT molecular complexity index is 571. The van der Waals surface area contributed by atoms with Gasteiger partial charge in [-0.1, -0.05) is 48.5 Å². The zero-order valence-electron chi connectivity index (χ0n) is 10.9. The van der Waals surface area contributed by atoms with Crippen LogP contribution in [0.25, 0.3) is 6.08 Å². The third-order valence-corrected chi connectivity index (χ3v) is 2.62. The summed E-state index contributed by atoms with van der Waals surface area (Å²) in [6.07, 6.45) is 3.34. The van der Waals surface area contributed by atoms with Crippen molar-refractivity contribution < 1.29 is 9.53 Å². The van der Waals surface area contributed by atoms with E-state index in [1.807, 2.05) is 54.6 Å². The standard InChI is InChI=1S/C17H16O2/c1-14(18)10-11-15-8-5-9-17(12-15)19-13-16-6-3-2-4-7-16/h2-12H,13H2,1H3/b11-10+. The van der Waals surface area contributed by atoms with Crippen LogP contribution in [-0.2, 0) is 11.4 Å². The second-order valence-corrected chi connectivity index (χ2v) is 4.29. The van der Waals surface area contributed by atoms with Gasteiger partial charge >= 0.3 is 0 Å². The number of hydrogen-bond donors (Lipinski definition) is 0. The summed E-state index contributed by atoms with van der Waals surface area (Å²) in [4.78, 5) is 10.9. The number of carbonyl (C=O) groups is 1. The van der Waals surface area contributed by atoms with E-state index in [-0.39, 0.29) is 5.78 Å². The van der Waals surface area contributed by atoms with Gasteiger partial charge in [0.2, 0.25) is 0 Å². The van der Waals surface area contributed by atoms with Crippen LogP contribution in [0.3, 0.4) is 0 Å². The van der Waals surface area contributed by atoms with Crippen LogP contribution in [0, 0.1) is 0 Å². The molecule has 0 atom stereocenters. The summed E-state index contributed by atoms with van der Waals surface area (Å²) in [7, 11) is 0. The van der Waals surface area contributed by atoms with Crippen LogP contribution < -0.4 is 4.74 Å². The molecule has 0 aliphatic rings. The van der Waals surface area contributed by atoms with Crippen molar-refractivity contribution in [2.75, 3.05) is 0 Å². The lowest BCUT2D eigenvalue weighted by atomic mass is 10.2. The van der Waals surface area contributed by atoms with Crippen molar-refractivity contribution in [3.8, 4) is 5.75 Å². The molecule has 0 heterocycles. The molecule has 0 radical (unpaired) electrons. The van der Waals surface area contributed by atoms with Crippen molar-refractivity contribution in [3.63, 3.8) is 0 Å². The molecule has 0 saturated heterocycles. The van der Waals surface area contributed by atoms with Crippen molar-refractivity contribution in [3.05, 3.63) is 71.8 Å². The van der Waals surface area contributed by atoms with Crippen molar-refractivity contribution in [1.29, 1.82) is 0 Å². The SMILES string of the molecule is CC(=O)/C=C/c1cccc(OCc2ccccc2)c1. The van der Waals surface area contributed by atoms with Crippen LogP contribution in [0.2, 0.25) is 0 Å². The molecule has 2 nitrogen and oxygen atoms in total. The number of ether oxygens (including phenoxy) is 1. The average Bonchev–Trinajstić information content (AvgIpc) is 2.44. The van der Waals surface area contributed by atoms with Crippen LogP contribution in [0.5, 0.6) is 5.75 Å². The molecule has 2 aromatic carbocycles. The number of hydrogen-bond acceptors (Lipinski definition) is 2. The van der Waals surface area contributed by atoms with Gasteiger partial charge in [-0.15, -0.1) is 0 Å². The number of allylic oxidation sites excluding steroid dienone is 1. The van der Waals surface area contributed by atoms with Gasteiger partial charge in [-0.3, -0.25) is 4.79 Å². The Balaban J connectivity index is 2.01. The molecule has 0 fully saturated rings. The fourth-order valence-electron chi connectivity index (χ4n) is 1.66. The molecule has 0 N–H and O–H groups in total. The van der Waals surface area contributed by atoms with Gasteiger partial charge in [0.25, 0.3) is 0 Å². The summed E-state index contributed by atoms with van der Waals surface area (Å²) < 4.78 is 5.72. The molecule has 19 heavy (non-hydrogen) atoms. The lowest BCUT2D eigenvalue weighted by molar-refractivity contribution is -0.112. The first-order chi connectivity index (χ1) is 9.24. The van der Waals surface area contributed by atoms with Crippen LogP contribution in [-0.4, -0.2) is 5.78 Å². The van der Waals surface area contributed by atoms with Gasteiger partial charge in [-0.05, 0) is 36.3 Å². The molecule has 0 amide bonds. The monoisotopic (exact) mass is 252 g/mol. The van der Waals surface area contributed by atoms with Gasteiger partial charge in [-0.25, -0.2) is 0 Å². The van der Waals surface area contributed by atoms with E-state index in [0.29, 0.717) is 6.61 Å². The molecule has 0 saturated carbocycles. The highest BCUT2D eigenvalue weighted by molar-refractivity contribution is 5.91. The summed E-state index contributed by atoms with van der Waals surface area (Å²) >= 11 is 0. The van der Waals surface area contributed by atoms with Gasteiger partial charge in [0.05, 0.1) is 0 Å². The van der Waals surface area contributed by atoms with Crippen LogP contribution >= 0.6 is 0 Å². The van der Waals surface area contributed by atoms with E-state index in [2.05, 4.69) is 0 Å². The van der Waals surface area contributed by atoms with Gasteiger partial charge in [0.1, 0.15) is 12.4 Å². The average molecular weight is 252 g/mol. The highest BCUT2D eigenvalue weighted by atomic mass is 16.5. The Morgan fingerprint density at radius 2 is 1.89 bits per heavy atom. The minimum atomic E-state index is 0.0376. The maximum absolute atomic E-state index is 10.9. The van der Waals surface area contributed by atoms with E-state index in [9.17, 15) is 4.79 Å². The van der Waals surface area contributed by atoms with Crippen molar-refractivity contribution in [2.45, 2.75) is 13.5 Å². The first-order valence-electron chi connectivity index (χ1n) is 6.19. The smallest absolute Gasteiger partial charge is 0.152 e. The van der Waals surface area contributed by atoms with E-state index in [1.54, 1.807) is 12.2 Å². The molecule has 96 valence electrons. The normalized spacial score (nSPS) is 10.6. The molecule has 0 aliphatic heterocycles. The largest absolute Gasteiger partial charge is 0.489 e. The van der Waals surface area contributed by atoms with Gasteiger partial charge in [0, 0.05) is 0 Å². The van der Waals surface area contributed by atoms with Gasteiger partial charge in [0.15, 0.2) is 5.78 Å². The molecule has 2 heteroatoms. The number of ketones is 1. The van der Waals surface area contributed by atoms with Crippen LogP contribution in [0.1, 0.15) is 18.1 Å². The van der Waals surface area contributed by atoms with E-state index >= 15 is 0 Å². The molecular formula is C17H16O2. The van der Waals surface area contributed by atoms with E-state index in [4.69, 9.17) is 4.74 Å². The number of rotatable bonds is 5. The number of benzene rings is 2. The zero-order valence-corrected chi connectivity index (χ0v) is 10.9. The third kappa shape index (κ3) is 4.43. The second-order valence-electron chi connectivity index (χ2n) is 4.29.